The standard InChI is InChI=1S/C13H18ClFN2/c1-2-13(17-7-5-16-6-8-17)11-9-10(14)3-4-12(11)15/h3-4,9,13,16H,2,5-8H2,1H3/t13-/m0/s1. The molecule has 2 nitrogen and oxygen atoms in total. The number of rotatable bonds is 3. The normalized spacial score (nSPS) is 19.2. The maximum atomic E-state index is 13.9. The molecule has 1 aliphatic heterocycles. The zero-order valence-electron chi connectivity index (χ0n) is 10.0. The van der Waals surface area contributed by atoms with Gasteiger partial charge in [-0.25, -0.2) is 4.39 Å². The highest BCUT2D eigenvalue weighted by Crippen LogP contribution is 2.28. The molecule has 4 heteroatoms. The van der Waals surface area contributed by atoms with Crippen LogP contribution in [0.1, 0.15) is 24.9 Å². The quantitative estimate of drug-likeness (QED) is 0.895. The van der Waals surface area contributed by atoms with Gasteiger partial charge >= 0.3 is 0 Å². The Morgan fingerprint density at radius 2 is 2.12 bits per heavy atom. The van der Waals surface area contributed by atoms with E-state index < -0.39 is 0 Å². The van der Waals surface area contributed by atoms with Crippen LogP contribution in [0.3, 0.4) is 0 Å². The van der Waals surface area contributed by atoms with Gasteiger partial charge in [-0.1, -0.05) is 18.5 Å². The molecule has 0 unspecified atom stereocenters. The molecule has 0 aromatic heterocycles. The van der Waals surface area contributed by atoms with Crippen LogP contribution in [0, 0.1) is 5.82 Å². The van der Waals surface area contributed by atoms with Crippen LogP contribution in [0.5, 0.6) is 0 Å². The average Bonchev–Trinajstić information content (AvgIpc) is 2.36. The summed E-state index contributed by atoms with van der Waals surface area (Å²) >= 11 is 5.96. The molecule has 1 fully saturated rings. The Morgan fingerprint density at radius 1 is 1.41 bits per heavy atom. The molecular weight excluding hydrogens is 239 g/mol. The van der Waals surface area contributed by atoms with E-state index >= 15 is 0 Å². The zero-order valence-corrected chi connectivity index (χ0v) is 10.8. The second-order valence-electron chi connectivity index (χ2n) is 4.38. The highest BCUT2D eigenvalue weighted by atomic mass is 35.5. The van der Waals surface area contributed by atoms with Gasteiger partial charge < -0.3 is 5.32 Å². The summed E-state index contributed by atoms with van der Waals surface area (Å²) < 4.78 is 13.9. The molecule has 1 atom stereocenters. The smallest absolute Gasteiger partial charge is 0.128 e. The fourth-order valence-electron chi connectivity index (χ4n) is 2.44. The molecule has 0 saturated carbocycles. The molecule has 0 radical (unpaired) electrons. The lowest BCUT2D eigenvalue weighted by Gasteiger charge is -2.34. The van der Waals surface area contributed by atoms with Gasteiger partial charge in [-0.15, -0.1) is 0 Å². The lowest BCUT2D eigenvalue weighted by Crippen LogP contribution is -2.45. The van der Waals surface area contributed by atoms with E-state index in [0.29, 0.717) is 5.02 Å². The second-order valence-corrected chi connectivity index (χ2v) is 4.81. The fourth-order valence-corrected chi connectivity index (χ4v) is 2.62. The minimum atomic E-state index is -0.153. The zero-order chi connectivity index (χ0) is 12.3. The van der Waals surface area contributed by atoms with E-state index in [0.717, 1.165) is 38.2 Å². The van der Waals surface area contributed by atoms with Crippen molar-refractivity contribution >= 4 is 11.6 Å². The van der Waals surface area contributed by atoms with Gasteiger partial charge in [0.05, 0.1) is 0 Å². The van der Waals surface area contributed by atoms with Crippen LogP contribution < -0.4 is 5.32 Å². The SMILES string of the molecule is CC[C@@H](c1cc(Cl)ccc1F)N1CCNCC1. The van der Waals surface area contributed by atoms with E-state index in [-0.39, 0.29) is 11.9 Å². The summed E-state index contributed by atoms with van der Waals surface area (Å²) in [5.74, 6) is -0.153. The number of nitrogens with zero attached hydrogens (tertiary/aromatic N) is 1. The first kappa shape index (κ1) is 12.8. The highest BCUT2D eigenvalue weighted by Gasteiger charge is 2.23. The second kappa shape index (κ2) is 5.80. The minimum absolute atomic E-state index is 0.135. The van der Waals surface area contributed by atoms with Crippen LogP contribution in [0.25, 0.3) is 0 Å². The summed E-state index contributed by atoms with van der Waals surface area (Å²) in [6, 6.07) is 4.95. The van der Waals surface area contributed by atoms with Gasteiger partial charge in [0, 0.05) is 42.8 Å². The summed E-state index contributed by atoms with van der Waals surface area (Å²) in [4.78, 5) is 2.32. The molecule has 0 aliphatic carbocycles. The van der Waals surface area contributed by atoms with Gasteiger partial charge in [-0.05, 0) is 24.6 Å². The van der Waals surface area contributed by atoms with Gasteiger partial charge in [0.1, 0.15) is 5.82 Å². The molecule has 0 amide bonds. The fraction of sp³-hybridized carbons (Fsp3) is 0.538. The Balaban J connectivity index is 2.24. The van der Waals surface area contributed by atoms with Gasteiger partial charge in [-0.3, -0.25) is 4.90 Å². The first-order valence-electron chi connectivity index (χ1n) is 6.12. The Bertz CT molecular complexity index is 378. The Kier molecular flexibility index (Phi) is 4.37. The van der Waals surface area contributed by atoms with E-state index in [9.17, 15) is 4.39 Å². The van der Waals surface area contributed by atoms with Crippen molar-refractivity contribution in [2.45, 2.75) is 19.4 Å². The van der Waals surface area contributed by atoms with Crippen molar-refractivity contribution in [1.29, 1.82) is 0 Å². The van der Waals surface area contributed by atoms with Crippen molar-refractivity contribution in [3.8, 4) is 0 Å². The Hall–Kier alpha value is -0.640. The predicted molar refractivity (Wildman–Crippen MR) is 68.9 cm³/mol. The van der Waals surface area contributed by atoms with Crippen LogP contribution in [0.4, 0.5) is 4.39 Å². The van der Waals surface area contributed by atoms with Crippen molar-refractivity contribution in [2.24, 2.45) is 0 Å². The molecule has 1 aromatic carbocycles. The summed E-state index contributed by atoms with van der Waals surface area (Å²) in [5, 5.41) is 3.92. The molecule has 1 aliphatic rings. The van der Waals surface area contributed by atoms with E-state index in [1.807, 2.05) is 0 Å². The summed E-state index contributed by atoms with van der Waals surface area (Å²) in [5.41, 5.74) is 0.724. The van der Waals surface area contributed by atoms with Crippen molar-refractivity contribution in [3.05, 3.63) is 34.6 Å². The monoisotopic (exact) mass is 256 g/mol. The van der Waals surface area contributed by atoms with E-state index in [2.05, 4.69) is 17.1 Å². The van der Waals surface area contributed by atoms with Crippen LogP contribution in [0.2, 0.25) is 5.02 Å². The van der Waals surface area contributed by atoms with Gasteiger partial charge in [0.2, 0.25) is 0 Å². The van der Waals surface area contributed by atoms with Crippen molar-refractivity contribution in [2.75, 3.05) is 26.2 Å². The third-order valence-electron chi connectivity index (χ3n) is 3.30. The van der Waals surface area contributed by atoms with Crippen LogP contribution >= 0.6 is 11.6 Å². The number of hydrogen-bond acceptors (Lipinski definition) is 2. The first-order chi connectivity index (χ1) is 8.22. The summed E-state index contributed by atoms with van der Waals surface area (Å²) in [7, 11) is 0. The third kappa shape index (κ3) is 2.97. The molecule has 1 heterocycles. The van der Waals surface area contributed by atoms with E-state index in [1.54, 1.807) is 12.1 Å². The van der Waals surface area contributed by atoms with Crippen molar-refractivity contribution < 1.29 is 4.39 Å². The number of benzene rings is 1. The predicted octanol–water partition coefficient (Wildman–Crippen LogP) is 2.84. The lowest BCUT2D eigenvalue weighted by atomic mass is 10.0. The largest absolute Gasteiger partial charge is 0.314 e. The maximum Gasteiger partial charge on any atom is 0.128 e. The molecular formula is C13H18ClFN2. The summed E-state index contributed by atoms with van der Waals surface area (Å²) in [6.07, 6.45) is 0.900. The highest BCUT2D eigenvalue weighted by molar-refractivity contribution is 6.30. The molecule has 1 saturated heterocycles. The van der Waals surface area contributed by atoms with Crippen LogP contribution in [-0.4, -0.2) is 31.1 Å². The number of nitrogens with one attached hydrogen (secondary N) is 1. The van der Waals surface area contributed by atoms with Gasteiger partial charge in [0.25, 0.3) is 0 Å². The number of halogens is 2. The lowest BCUT2D eigenvalue weighted by molar-refractivity contribution is 0.166. The number of piperazine rings is 1. The van der Waals surface area contributed by atoms with Gasteiger partial charge in [-0.2, -0.15) is 0 Å². The Morgan fingerprint density at radius 3 is 2.76 bits per heavy atom. The molecule has 1 aromatic rings. The third-order valence-corrected chi connectivity index (χ3v) is 3.53. The Labute approximate surface area is 107 Å². The maximum absolute atomic E-state index is 13.9. The minimum Gasteiger partial charge on any atom is -0.314 e. The van der Waals surface area contributed by atoms with Crippen LogP contribution in [0.15, 0.2) is 18.2 Å². The first-order valence-corrected chi connectivity index (χ1v) is 6.50. The van der Waals surface area contributed by atoms with E-state index in [4.69, 9.17) is 11.6 Å². The molecule has 1 N–H and O–H groups in total. The van der Waals surface area contributed by atoms with Crippen molar-refractivity contribution in [3.63, 3.8) is 0 Å². The molecule has 94 valence electrons. The molecule has 17 heavy (non-hydrogen) atoms. The van der Waals surface area contributed by atoms with E-state index in [1.165, 1.54) is 6.07 Å². The molecule has 2 rings (SSSR count). The van der Waals surface area contributed by atoms with Crippen molar-refractivity contribution in [1.82, 2.24) is 10.2 Å². The van der Waals surface area contributed by atoms with Crippen LogP contribution in [-0.2, 0) is 0 Å². The number of hydrogen-bond donors (Lipinski definition) is 1. The average molecular weight is 257 g/mol. The van der Waals surface area contributed by atoms with Gasteiger partial charge in [0.15, 0.2) is 0 Å². The summed E-state index contributed by atoms with van der Waals surface area (Å²) in [6.45, 7) is 5.96. The topological polar surface area (TPSA) is 15.3 Å². The molecule has 0 bridgehead atoms. The molecule has 0 spiro atoms.